The number of likely N-dealkylation sites (tertiary alicyclic amines) is 1. The lowest BCUT2D eigenvalue weighted by atomic mass is 9.86. The molecule has 172 valence electrons. The zero-order valence-corrected chi connectivity index (χ0v) is 19.8. The number of benzene rings is 2. The Balaban J connectivity index is 1.50. The summed E-state index contributed by atoms with van der Waals surface area (Å²) >= 11 is 3.22. The van der Waals surface area contributed by atoms with Gasteiger partial charge in [-0.25, -0.2) is 8.78 Å². The molecule has 6 nitrogen and oxygen atoms in total. The molecule has 0 radical (unpaired) electrons. The molecule has 2 N–H and O–H groups in total. The van der Waals surface area contributed by atoms with Crippen molar-refractivity contribution in [3.05, 3.63) is 57.7 Å². The summed E-state index contributed by atoms with van der Waals surface area (Å²) in [4.78, 5) is 15.2. The molecular formula is C24H24BrF2N5O. The number of aromatic nitrogens is 2. The van der Waals surface area contributed by atoms with Crippen molar-refractivity contribution >= 4 is 44.1 Å². The third-order valence-corrected chi connectivity index (χ3v) is 7.10. The zero-order chi connectivity index (χ0) is 23.1. The van der Waals surface area contributed by atoms with Gasteiger partial charge in [0.15, 0.2) is 5.82 Å². The fourth-order valence-corrected chi connectivity index (χ4v) is 5.01. The number of piperidine rings is 1. The van der Waals surface area contributed by atoms with Gasteiger partial charge in [0.25, 0.3) is 5.91 Å². The highest BCUT2D eigenvalue weighted by Crippen LogP contribution is 2.35. The van der Waals surface area contributed by atoms with Gasteiger partial charge in [0.05, 0.1) is 23.1 Å². The van der Waals surface area contributed by atoms with Gasteiger partial charge in [-0.15, -0.1) is 5.10 Å². The molecular weight excluding hydrogens is 492 g/mol. The lowest BCUT2D eigenvalue weighted by Gasteiger charge is -2.45. The summed E-state index contributed by atoms with van der Waals surface area (Å²) in [5.41, 5.74) is 0.891. The standard InChI is InChI=1S/C24H24BrF2N5O/c1-13-10-29-31-23-16(13)9-17(22(21(23)27)30-20-6-5-15(25)8-18(20)26)24(33)32-11-14(12-32)19-4-2-3-7-28-19/h5-6,8-10,14,19,28,30H,2-4,7,11-12H2,1H3/t19-/m0/s1. The average molecular weight is 516 g/mol. The van der Waals surface area contributed by atoms with Gasteiger partial charge in [0.1, 0.15) is 11.3 Å². The number of aryl methyl sites for hydroxylation is 1. The third kappa shape index (κ3) is 4.19. The Labute approximate surface area is 198 Å². The number of hydrogen-bond donors (Lipinski definition) is 2. The Morgan fingerprint density at radius 1 is 1.24 bits per heavy atom. The van der Waals surface area contributed by atoms with Crippen LogP contribution in [-0.2, 0) is 0 Å². The van der Waals surface area contributed by atoms with Crippen LogP contribution in [0.1, 0.15) is 35.2 Å². The first-order valence-electron chi connectivity index (χ1n) is 11.1. The normalized spacial score (nSPS) is 18.9. The zero-order valence-electron chi connectivity index (χ0n) is 18.2. The van der Waals surface area contributed by atoms with E-state index in [0.29, 0.717) is 40.5 Å². The molecule has 1 aromatic heterocycles. The van der Waals surface area contributed by atoms with Gasteiger partial charge in [-0.3, -0.25) is 4.79 Å². The summed E-state index contributed by atoms with van der Waals surface area (Å²) in [6, 6.07) is 6.48. The summed E-state index contributed by atoms with van der Waals surface area (Å²) in [7, 11) is 0. The predicted octanol–water partition coefficient (Wildman–Crippen LogP) is 4.94. The van der Waals surface area contributed by atoms with Crippen molar-refractivity contribution in [2.45, 2.75) is 32.2 Å². The van der Waals surface area contributed by atoms with Crippen LogP contribution in [0.2, 0.25) is 0 Å². The number of carbonyl (C=O) groups is 1. The fraction of sp³-hybridized carbons (Fsp3) is 0.375. The molecule has 0 bridgehead atoms. The van der Waals surface area contributed by atoms with Gasteiger partial charge in [-0.1, -0.05) is 22.4 Å². The second-order valence-electron chi connectivity index (χ2n) is 8.81. The van der Waals surface area contributed by atoms with Crippen LogP contribution >= 0.6 is 15.9 Å². The second-order valence-corrected chi connectivity index (χ2v) is 9.73. The molecule has 2 saturated heterocycles. The monoisotopic (exact) mass is 515 g/mol. The van der Waals surface area contributed by atoms with Gasteiger partial charge in [0.2, 0.25) is 0 Å². The van der Waals surface area contributed by atoms with Gasteiger partial charge < -0.3 is 15.5 Å². The van der Waals surface area contributed by atoms with E-state index in [4.69, 9.17) is 0 Å². The highest BCUT2D eigenvalue weighted by Gasteiger charge is 2.38. The van der Waals surface area contributed by atoms with Crippen LogP contribution in [0.25, 0.3) is 10.9 Å². The number of fused-ring (bicyclic) bond motifs is 1. The predicted molar refractivity (Wildman–Crippen MR) is 127 cm³/mol. The minimum atomic E-state index is -0.722. The van der Waals surface area contributed by atoms with E-state index in [2.05, 4.69) is 36.8 Å². The maximum atomic E-state index is 15.6. The highest BCUT2D eigenvalue weighted by molar-refractivity contribution is 9.10. The van der Waals surface area contributed by atoms with Gasteiger partial charge in [-0.05, 0) is 56.1 Å². The van der Waals surface area contributed by atoms with Gasteiger partial charge in [0, 0.05) is 34.9 Å². The van der Waals surface area contributed by atoms with Crippen LogP contribution in [0, 0.1) is 24.5 Å². The Hall–Kier alpha value is -2.65. The first-order valence-corrected chi connectivity index (χ1v) is 11.9. The minimum Gasteiger partial charge on any atom is -0.350 e. The number of nitrogens with one attached hydrogen (secondary N) is 2. The van der Waals surface area contributed by atoms with E-state index in [-0.39, 0.29) is 28.4 Å². The smallest absolute Gasteiger partial charge is 0.256 e. The molecule has 3 heterocycles. The molecule has 0 saturated carbocycles. The van der Waals surface area contributed by atoms with E-state index in [0.717, 1.165) is 13.0 Å². The first-order chi connectivity index (χ1) is 15.9. The van der Waals surface area contributed by atoms with Crippen molar-refractivity contribution in [1.82, 2.24) is 20.4 Å². The number of anilines is 2. The number of halogens is 3. The largest absolute Gasteiger partial charge is 0.350 e. The fourth-order valence-electron chi connectivity index (χ4n) is 4.68. The minimum absolute atomic E-state index is 0.0412. The third-order valence-electron chi connectivity index (χ3n) is 6.61. The van der Waals surface area contributed by atoms with Crippen molar-refractivity contribution < 1.29 is 13.6 Å². The molecule has 2 aliphatic rings. The molecule has 2 aromatic carbocycles. The summed E-state index contributed by atoms with van der Waals surface area (Å²) in [5, 5.41) is 14.6. The molecule has 33 heavy (non-hydrogen) atoms. The first kappa shape index (κ1) is 22.2. The van der Waals surface area contributed by atoms with Crippen LogP contribution in [0.5, 0.6) is 0 Å². The van der Waals surface area contributed by atoms with Crippen molar-refractivity contribution in [3.8, 4) is 0 Å². The summed E-state index contributed by atoms with van der Waals surface area (Å²) in [5.74, 6) is -1.17. The lowest BCUT2D eigenvalue weighted by molar-refractivity contribution is 0.0393. The highest BCUT2D eigenvalue weighted by atomic mass is 79.9. The van der Waals surface area contributed by atoms with Crippen LogP contribution < -0.4 is 10.6 Å². The molecule has 9 heteroatoms. The van der Waals surface area contributed by atoms with Crippen molar-refractivity contribution in [2.75, 3.05) is 25.0 Å². The van der Waals surface area contributed by atoms with Gasteiger partial charge >= 0.3 is 0 Å². The van der Waals surface area contributed by atoms with Crippen molar-refractivity contribution in [1.29, 1.82) is 0 Å². The quantitative estimate of drug-likeness (QED) is 0.515. The van der Waals surface area contributed by atoms with Crippen molar-refractivity contribution in [3.63, 3.8) is 0 Å². The molecule has 1 amide bonds. The topological polar surface area (TPSA) is 70.2 Å². The Bertz CT molecular complexity index is 1230. The molecule has 2 aliphatic heterocycles. The van der Waals surface area contributed by atoms with E-state index in [1.54, 1.807) is 24.0 Å². The molecule has 2 fully saturated rings. The number of nitrogens with zero attached hydrogens (tertiary/aromatic N) is 3. The average Bonchev–Trinajstić information content (AvgIpc) is 2.77. The number of carbonyl (C=O) groups excluding carboxylic acids is 1. The maximum Gasteiger partial charge on any atom is 0.256 e. The van der Waals surface area contributed by atoms with E-state index in [9.17, 15) is 9.18 Å². The number of rotatable bonds is 4. The van der Waals surface area contributed by atoms with E-state index >= 15 is 4.39 Å². The summed E-state index contributed by atoms with van der Waals surface area (Å²) < 4.78 is 30.7. The molecule has 0 unspecified atom stereocenters. The van der Waals surface area contributed by atoms with Crippen LogP contribution in [0.4, 0.5) is 20.2 Å². The Morgan fingerprint density at radius 3 is 2.79 bits per heavy atom. The number of hydrogen-bond acceptors (Lipinski definition) is 5. The Morgan fingerprint density at radius 2 is 2.06 bits per heavy atom. The van der Waals surface area contributed by atoms with Crippen LogP contribution in [-0.4, -0.2) is 46.7 Å². The molecule has 1 atom stereocenters. The van der Waals surface area contributed by atoms with E-state index < -0.39 is 11.6 Å². The SMILES string of the molecule is Cc1cnnc2c(F)c(Nc3ccc(Br)cc3F)c(C(=O)N3CC([C@@H]4CCCCN4)C3)cc12. The summed E-state index contributed by atoms with van der Waals surface area (Å²) in [6.07, 6.45) is 5.04. The van der Waals surface area contributed by atoms with E-state index in [1.165, 1.54) is 31.2 Å². The second kappa shape index (κ2) is 8.95. The summed E-state index contributed by atoms with van der Waals surface area (Å²) in [6.45, 7) is 4.05. The van der Waals surface area contributed by atoms with Crippen molar-refractivity contribution in [2.24, 2.45) is 5.92 Å². The van der Waals surface area contributed by atoms with Gasteiger partial charge in [-0.2, -0.15) is 5.10 Å². The van der Waals surface area contributed by atoms with E-state index in [1.807, 2.05) is 0 Å². The lowest BCUT2D eigenvalue weighted by Crippen LogP contribution is -2.58. The number of amides is 1. The molecule has 0 aliphatic carbocycles. The maximum absolute atomic E-state index is 15.6. The molecule has 5 rings (SSSR count). The molecule has 3 aromatic rings. The molecule has 0 spiro atoms. The van der Waals surface area contributed by atoms with Crippen LogP contribution in [0.15, 0.2) is 34.9 Å². The van der Waals surface area contributed by atoms with Crippen LogP contribution in [0.3, 0.4) is 0 Å². The Kier molecular flexibility index (Phi) is 6.01.